The molecule has 25 heavy (non-hydrogen) atoms. The molecule has 0 saturated heterocycles. The third-order valence-corrected chi connectivity index (χ3v) is 3.56. The van der Waals surface area contributed by atoms with Crippen molar-refractivity contribution in [2.75, 3.05) is 19.0 Å². The fraction of sp³-hybridized carbons (Fsp3) is 0.263. The number of urea groups is 1. The van der Waals surface area contributed by atoms with E-state index >= 15 is 0 Å². The Balaban J connectivity index is 1.80. The zero-order valence-corrected chi connectivity index (χ0v) is 14.3. The Bertz CT molecular complexity index is 686. The van der Waals surface area contributed by atoms with Gasteiger partial charge in [-0.3, -0.25) is 4.79 Å². The number of nitrogens with one attached hydrogen (secondary N) is 2. The van der Waals surface area contributed by atoms with Crippen LogP contribution in [0, 0.1) is 0 Å². The van der Waals surface area contributed by atoms with Crippen LogP contribution in [0.5, 0.6) is 5.75 Å². The first-order valence-electron chi connectivity index (χ1n) is 8.00. The molecule has 0 aliphatic rings. The lowest BCUT2D eigenvalue weighted by Crippen LogP contribution is -2.31. The van der Waals surface area contributed by atoms with E-state index in [9.17, 15) is 9.59 Å². The SMILES string of the molecule is COC(=O)CCOc1ccc(NC(=O)N[C@H](C)c2ccccc2)cc1. The molecule has 2 aromatic carbocycles. The summed E-state index contributed by atoms with van der Waals surface area (Å²) in [6, 6.07) is 16.3. The Morgan fingerprint density at radius 3 is 2.36 bits per heavy atom. The molecule has 0 spiro atoms. The van der Waals surface area contributed by atoms with Gasteiger partial charge in [0.05, 0.1) is 26.2 Å². The molecule has 0 fully saturated rings. The summed E-state index contributed by atoms with van der Waals surface area (Å²) in [4.78, 5) is 23.1. The monoisotopic (exact) mass is 342 g/mol. The van der Waals surface area contributed by atoms with E-state index in [1.54, 1.807) is 24.3 Å². The lowest BCUT2D eigenvalue weighted by Gasteiger charge is -2.15. The predicted molar refractivity (Wildman–Crippen MR) is 95.6 cm³/mol. The number of rotatable bonds is 7. The van der Waals surface area contributed by atoms with Gasteiger partial charge in [0.15, 0.2) is 0 Å². The number of methoxy groups -OCH3 is 1. The second-order valence-corrected chi connectivity index (χ2v) is 5.43. The number of carbonyl (C=O) groups excluding carboxylic acids is 2. The lowest BCUT2D eigenvalue weighted by atomic mass is 10.1. The Hall–Kier alpha value is -3.02. The van der Waals surface area contributed by atoms with Crippen LogP contribution in [0.15, 0.2) is 54.6 Å². The highest BCUT2D eigenvalue weighted by Crippen LogP contribution is 2.16. The van der Waals surface area contributed by atoms with Gasteiger partial charge in [0.1, 0.15) is 5.75 Å². The van der Waals surface area contributed by atoms with Crippen LogP contribution >= 0.6 is 0 Å². The van der Waals surface area contributed by atoms with Gasteiger partial charge in [0, 0.05) is 5.69 Å². The molecule has 6 nitrogen and oxygen atoms in total. The molecule has 0 aliphatic heterocycles. The highest BCUT2D eigenvalue weighted by atomic mass is 16.5. The second-order valence-electron chi connectivity index (χ2n) is 5.43. The average molecular weight is 342 g/mol. The van der Waals surface area contributed by atoms with Crippen LogP contribution < -0.4 is 15.4 Å². The van der Waals surface area contributed by atoms with Crippen LogP contribution in [0.4, 0.5) is 10.5 Å². The molecule has 1 atom stereocenters. The van der Waals surface area contributed by atoms with Crippen LogP contribution in [0.25, 0.3) is 0 Å². The average Bonchev–Trinajstić information content (AvgIpc) is 2.63. The number of hydrogen-bond donors (Lipinski definition) is 2. The number of anilines is 1. The minimum Gasteiger partial charge on any atom is -0.493 e. The van der Waals surface area contributed by atoms with E-state index in [-0.39, 0.29) is 31.1 Å². The Kier molecular flexibility index (Phi) is 6.83. The topological polar surface area (TPSA) is 76.7 Å². The van der Waals surface area contributed by atoms with Crippen molar-refractivity contribution in [1.82, 2.24) is 5.32 Å². The van der Waals surface area contributed by atoms with Gasteiger partial charge in [-0.05, 0) is 36.8 Å². The molecular formula is C19H22N2O4. The van der Waals surface area contributed by atoms with Crippen LogP contribution in [0.3, 0.4) is 0 Å². The Labute approximate surface area is 147 Å². The number of esters is 1. The van der Waals surface area contributed by atoms with Crippen LogP contribution in [-0.4, -0.2) is 25.7 Å². The third kappa shape index (κ3) is 6.18. The van der Waals surface area contributed by atoms with E-state index in [2.05, 4.69) is 15.4 Å². The van der Waals surface area contributed by atoms with Crippen molar-refractivity contribution in [3.63, 3.8) is 0 Å². The maximum Gasteiger partial charge on any atom is 0.319 e. The summed E-state index contributed by atoms with van der Waals surface area (Å²) in [6.07, 6.45) is 0.191. The molecule has 0 unspecified atom stereocenters. The molecule has 0 heterocycles. The molecule has 6 heteroatoms. The van der Waals surface area contributed by atoms with Gasteiger partial charge in [-0.1, -0.05) is 30.3 Å². The molecule has 0 radical (unpaired) electrons. The van der Waals surface area contributed by atoms with Crippen molar-refractivity contribution in [2.24, 2.45) is 0 Å². The zero-order valence-electron chi connectivity index (χ0n) is 14.3. The van der Waals surface area contributed by atoms with E-state index in [1.807, 2.05) is 37.3 Å². The van der Waals surface area contributed by atoms with E-state index in [4.69, 9.17) is 4.74 Å². The van der Waals surface area contributed by atoms with Gasteiger partial charge in [-0.2, -0.15) is 0 Å². The molecular weight excluding hydrogens is 320 g/mol. The van der Waals surface area contributed by atoms with Gasteiger partial charge in [-0.15, -0.1) is 0 Å². The van der Waals surface area contributed by atoms with E-state index < -0.39 is 0 Å². The van der Waals surface area contributed by atoms with Gasteiger partial charge in [0.2, 0.25) is 0 Å². The third-order valence-electron chi connectivity index (χ3n) is 3.56. The zero-order chi connectivity index (χ0) is 18.1. The number of ether oxygens (including phenoxy) is 2. The van der Waals surface area contributed by atoms with Crippen molar-refractivity contribution in [2.45, 2.75) is 19.4 Å². The van der Waals surface area contributed by atoms with Gasteiger partial charge >= 0.3 is 12.0 Å². The molecule has 2 rings (SSSR count). The first-order valence-corrected chi connectivity index (χ1v) is 8.00. The Morgan fingerprint density at radius 1 is 1.04 bits per heavy atom. The number of hydrogen-bond acceptors (Lipinski definition) is 4. The minimum absolute atomic E-state index is 0.0953. The lowest BCUT2D eigenvalue weighted by molar-refractivity contribution is -0.141. The standard InChI is InChI=1S/C19H22N2O4/c1-14(15-6-4-3-5-7-15)20-19(23)21-16-8-10-17(11-9-16)25-13-12-18(22)24-2/h3-11,14H,12-13H2,1-2H3,(H2,20,21,23)/t14-/m1/s1. The predicted octanol–water partition coefficient (Wildman–Crippen LogP) is 3.51. The highest BCUT2D eigenvalue weighted by Gasteiger charge is 2.09. The summed E-state index contributed by atoms with van der Waals surface area (Å²) in [7, 11) is 1.34. The van der Waals surface area contributed by atoms with Crippen LogP contribution in [0.2, 0.25) is 0 Å². The van der Waals surface area contributed by atoms with Crippen molar-refractivity contribution in [3.8, 4) is 5.75 Å². The number of amides is 2. The van der Waals surface area contributed by atoms with E-state index in [1.165, 1.54) is 7.11 Å². The first kappa shape index (κ1) is 18.3. The van der Waals surface area contributed by atoms with E-state index in [0.717, 1.165) is 5.56 Å². The summed E-state index contributed by atoms with van der Waals surface area (Å²) < 4.78 is 9.97. The molecule has 0 aliphatic carbocycles. The molecule has 2 N–H and O–H groups in total. The van der Waals surface area contributed by atoms with Gasteiger partial charge < -0.3 is 20.1 Å². The maximum absolute atomic E-state index is 12.1. The quantitative estimate of drug-likeness (QED) is 0.755. The molecule has 132 valence electrons. The Morgan fingerprint density at radius 2 is 1.72 bits per heavy atom. The second kappa shape index (κ2) is 9.32. The maximum atomic E-state index is 12.1. The fourth-order valence-corrected chi connectivity index (χ4v) is 2.18. The van der Waals surface area contributed by atoms with Crippen molar-refractivity contribution < 1.29 is 19.1 Å². The van der Waals surface area contributed by atoms with E-state index in [0.29, 0.717) is 11.4 Å². The largest absolute Gasteiger partial charge is 0.493 e. The highest BCUT2D eigenvalue weighted by molar-refractivity contribution is 5.89. The summed E-state index contributed by atoms with van der Waals surface area (Å²) in [6.45, 7) is 2.17. The molecule has 0 aromatic heterocycles. The number of benzene rings is 2. The molecule has 0 bridgehead atoms. The molecule has 2 aromatic rings. The summed E-state index contributed by atoms with van der Waals surface area (Å²) in [5.41, 5.74) is 1.69. The summed E-state index contributed by atoms with van der Waals surface area (Å²) in [5.74, 6) is 0.301. The summed E-state index contributed by atoms with van der Waals surface area (Å²) in [5, 5.41) is 5.65. The molecule has 2 amide bonds. The minimum atomic E-state index is -0.317. The molecule has 0 saturated carbocycles. The van der Waals surface area contributed by atoms with Crippen molar-refractivity contribution in [1.29, 1.82) is 0 Å². The van der Waals surface area contributed by atoms with Crippen LogP contribution in [-0.2, 0) is 9.53 Å². The fourth-order valence-electron chi connectivity index (χ4n) is 2.18. The van der Waals surface area contributed by atoms with Crippen molar-refractivity contribution in [3.05, 3.63) is 60.2 Å². The number of carbonyl (C=O) groups is 2. The van der Waals surface area contributed by atoms with Crippen LogP contribution in [0.1, 0.15) is 24.9 Å². The summed E-state index contributed by atoms with van der Waals surface area (Å²) >= 11 is 0. The van der Waals surface area contributed by atoms with Gasteiger partial charge in [0.25, 0.3) is 0 Å². The first-order chi connectivity index (χ1) is 12.1. The smallest absolute Gasteiger partial charge is 0.319 e. The van der Waals surface area contributed by atoms with Crippen molar-refractivity contribution >= 4 is 17.7 Å². The van der Waals surface area contributed by atoms with Gasteiger partial charge in [-0.25, -0.2) is 4.79 Å². The normalized spacial score (nSPS) is 11.3.